The van der Waals surface area contributed by atoms with E-state index in [-0.39, 0.29) is 18.0 Å². The van der Waals surface area contributed by atoms with Crippen LogP contribution >= 0.6 is 0 Å². The molecule has 4 heterocycles. The maximum absolute atomic E-state index is 15.1. The molecule has 138 valence electrons. The second-order valence-electron chi connectivity index (χ2n) is 7.27. The molecule has 0 radical (unpaired) electrons. The highest BCUT2D eigenvalue weighted by atomic mass is 19.1. The van der Waals surface area contributed by atoms with Crippen molar-refractivity contribution in [2.75, 3.05) is 26.2 Å². The zero-order chi connectivity index (χ0) is 17.6. The van der Waals surface area contributed by atoms with E-state index in [0.717, 1.165) is 12.1 Å². The minimum Gasteiger partial charge on any atom is -0.450 e. The number of amides is 2. The molecule has 0 aromatic rings. The third-order valence-electron chi connectivity index (χ3n) is 5.90. The number of piperidine rings is 1. The van der Waals surface area contributed by atoms with Gasteiger partial charge in [0, 0.05) is 44.1 Å². The van der Waals surface area contributed by atoms with Gasteiger partial charge in [-0.15, -0.1) is 0 Å². The number of fused-ring (bicyclic) bond motifs is 2. The van der Waals surface area contributed by atoms with Crippen LogP contribution in [-0.2, 0) is 9.47 Å². The molecule has 0 aliphatic carbocycles. The molecule has 4 rings (SSSR count). The van der Waals surface area contributed by atoms with Crippen molar-refractivity contribution in [2.45, 2.75) is 56.7 Å². The number of alkyl carbamates (subject to hydrolysis) is 1. The first-order valence-corrected chi connectivity index (χ1v) is 9.08. The van der Waals surface area contributed by atoms with E-state index in [1.54, 1.807) is 11.8 Å². The lowest BCUT2D eigenvalue weighted by atomic mass is 9.90. The molecule has 3 fully saturated rings. The minimum atomic E-state index is -0.491. The molecule has 2 bridgehead atoms. The summed E-state index contributed by atoms with van der Waals surface area (Å²) in [4.78, 5) is 27.1. The van der Waals surface area contributed by atoms with Gasteiger partial charge in [-0.3, -0.25) is 4.90 Å². The molecule has 3 saturated heterocycles. The summed E-state index contributed by atoms with van der Waals surface area (Å²) in [5.41, 5.74) is 0.287. The van der Waals surface area contributed by atoms with Crippen molar-refractivity contribution in [3.63, 3.8) is 0 Å². The van der Waals surface area contributed by atoms with Gasteiger partial charge in [-0.25, -0.2) is 14.0 Å². The molecular weight excluding hydrogens is 329 g/mol. The largest absolute Gasteiger partial charge is 0.450 e. The molecular formula is C17H24FN3O4. The topological polar surface area (TPSA) is 71.1 Å². The van der Waals surface area contributed by atoms with E-state index in [4.69, 9.17) is 9.47 Å². The van der Waals surface area contributed by atoms with E-state index in [1.165, 1.54) is 0 Å². The Hall–Kier alpha value is -1.99. The number of halogens is 1. The predicted octanol–water partition coefficient (Wildman–Crippen LogP) is 2.14. The molecule has 1 spiro atoms. The Bertz CT molecular complexity index is 615. The molecule has 0 aromatic heterocycles. The summed E-state index contributed by atoms with van der Waals surface area (Å²) in [5.74, 6) is -0.195. The van der Waals surface area contributed by atoms with Gasteiger partial charge in [-0.2, -0.15) is 0 Å². The van der Waals surface area contributed by atoms with Crippen LogP contribution in [0.15, 0.2) is 11.5 Å². The molecule has 4 aliphatic heterocycles. The second kappa shape index (κ2) is 6.07. The van der Waals surface area contributed by atoms with Crippen LogP contribution in [0.1, 0.15) is 39.0 Å². The maximum Gasteiger partial charge on any atom is 0.410 e. The quantitative estimate of drug-likeness (QED) is 0.824. The third kappa shape index (κ3) is 2.71. The first kappa shape index (κ1) is 16.5. The molecule has 1 N–H and O–H groups in total. The van der Waals surface area contributed by atoms with Gasteiger partial charge >= 0.3 is 12.2 Å². The van der Waals surface area contributed by atoms with Crippen molar-refractivity contribution in [2.24, 2.45) is 0 Å². The lowest BCUT2D eigenvalue weighted by Crippen LogP contribution is -2.50. The van der Waals surface area contributed by atoms with Gasteiger partial charge < -0.3 is 19.7 Å². The van der Waals surface area contributed by atoms with E-state index in [0.29, 0.717) is 51.9 Å². The Labute approximate surface area is 146 Å². The van der Waals surface area contributed by atoms with Gasteiger partial charge in [-0.1, -0.05) is 0 Å². The van der Waals surface area contributed by atoms with Crippen molar-refractivity contribution < 1.29 is 23.5 Å². The average Bonchev–Trinajstić information content (AvgIpc) is 3.13. The monoisotopic (exact) mass is 353 g/mol. The van der Waals surface area contributed by atoms with Crippen LogP contribution < -0.4 is 5.32 Å². The van der Waals surface area contributed by atoms with Crippen molar-refractivity contribution >= 4 is 12.2 Å². The molecule has 2 amide bonds. The zero-order valence-corrected chi connectivity index (χ0v) is 14.4. The van der Waals surface area contributed by atoms with Crippen LogP contribution in [0.4, 0.5) is 14.0 Å². The summed E-state index contributed by atoms with van der Waals surface area (Å²) >= 11 is 0. The Morgan fingerprint density at radius 1 is 1.40 bits per heavy atom. The van der Waals surface area contributed by atoms with Crippen LogP contribution in [0.2, 0.25) is 0 Å². The lowest BCUT2D eigenvalue weighted by molar-refractivity contribution is 0.00476. The van der Waals surface area contributed by atoms with Crippen LogP contribution in [0.3, 0.4) is 0 Å². The lowest BCUT2D eigenvalue weighted by Gasteiger charge is -2.43. The van der Waals surface area contributed by atoms with Crippen molar-refractivity contribution in [3.8, 4) is 0 Å². The summed E-state index contributed by atoms with van der Waals surface area (Å²) < 4.78 is 25.6. The molecule has 2 atom stereocenters. The maximum atomic E-state index is 15.1. The molecule has 0 saturated carbocycles. The standard InChI is InChI=1S/C17H24FN3O4/c1-2-24-16(23)21-11-3-4-12(21)14(18)13(9-11)20-7-5-17(6-8-20)10-19-15(22)25-17/h11-12H,2-10H2,1H3,(H,19,22). The van der Waals surface area contributed by atoms with Crippen molar-refractivity contribution in [1.29, 1.82) is 0 Å². The molecule has 25 heavy (non-hydrogen) atoms. The van der Waals surface area contributed by atoms with Crippen LogP contribution in [0.25, 0.3) is 0 Å². The van der Waals surface area contributed by atoms with E-state index in [9.17, 15) is 9.59 Å². The average molecular weight is 353 g/mol. The second-order valence-corrected chi connectivity index (χ2v) is 7.27. The highest BCUT2D eigenvalue weighted by Gasteiger charge is 2.48. The van der Waals surface area contributed by atoms with Gasteiger partial charge in [0.05, 0.1) is 19.2 Å². The fourth-order valence-electron chi connectivity index (χ4n) is 4.56. The smallest absolute Gasteiger partial charge is 0.410 e. The molecule has 7 nitrogen and oxygen atoms in total. The normalized spacial score (nSPS) is 30.6. The highest BCUT2D eigenvalue weighted by Crippen LogP contribution is 2.42. The Morgan fingerprint density at radius 2 is 2.16 bits per heavy atom. The van der Waals surface area contributed by atoms with E-state index >= 15 is 4.39 Å². The summed E-state index contributed by atoms with van der Waals surface area (Å²) in [6, 6.07) is -0.477. The Balaban J connectivity index is 1.47. The first-order chi connectivity index (χ1) is 12.0. The van der Waals surface area contributed by atoms with Gasteiger partial charge in [-0.05, 0) is 19.8 Å². The van der Waals surface area contributed by atoms with Gasteiger partial charge in [0.1, 0.15) is 11.4 Å². The van der Waals surface area contributed by atoms with Crippen molar-refractivity contribution in [3.05, 3.63) is 11.5 Å². The highest BCUT2D eigenvalue weighted by molar-refractivity contribution is 5.70. The van der Waals surface area contributed by atoms with Gasteiger partial charge in [0.2, 0.25) is 0 Å². The minimum absolute atomic E-state index is 0.0143. The number of nitrogens with one attached hydrogen (secondary N) is 1. The third-order valence-corrected chi connectivity index (χ3v) is 5.90. The fraction of sp³-hybridized carbons (Fsp3) is 0.765. The summed E-state index contributed by atoms with van der Waals surface area (Å²) in [6.45, 7) is 3.92. The van der Waals surface area contributed by atoms with E-state index < -0.39 is 17.7 Å². The fourth-order valence-corrected chi connectivity index (χ4v) is 4.56. The van der Waals surface area contributed by atoms with Gasteiger partial charge in [0.15, 0.2) is 0 Å². The van der Waals surface area contributed by atoms with Crippen LogP contribution in [0, 0.1) is 0 Å². The zero-order valence-electron chi connectivity index (χ0n) is 14.4. The molecule has 8 heteroatoms. The van der Waals surface area contributed by atoms with E-state index in [1.807, 2.05) is 0 Å². The predicted molar refractivity (Wildman–Crippen MR) is 86.4 cm³/mol. The number of hydrogen-bond acceptors (Lipinski definition) is 5. The first-order valence-electron chi connectivity index (χ1n) is 9.08. The number of rotatable bonds is 2. The number of ether oxygens (including phenoxy) is 2. The summed E-state index contributed by atoms with van der Waals surface area (Å²) in [5, 5.41) is 2.71. The van der Waals surface area contributed by atoms with Crippen molar-refractivity contribution in [1.82, 2.24) is 15.1 Å². The summed E-state index contributed by atoms with van der Waals surface area (Å²) in [6.07, 6.45) is 2.61. The van der Waals surface area contributed by atoms with E-state index in [2.05, 4.69) is 10.2 Å². The SMILES string of the molecule is CCOC(=O)N1C2CCC1C(F)=C(N1CCC3(CC1)CNC(=O)O3)C2. The van der Waals surface area contributed by atoms with Crippen LogP contribution in [-0.4, -0.2) is 65.9 Å². The molecule has 4 aliphatic rings. The van der Waals surface area contributed by atoms with Crippen LogP contribution in [0.5, 0.6) is 0 Å². The molecule has 0 aromatic carbocycles. The van der Waals surface area contributed by atoms with Gasteiger partial charge in [0.25, 0.3) is 0 Å². The Morgan fingerprint density at radius 3 is 2.80 bits per heavy atom. The Kier molecular flexibility index (Phi) is 4.00. The summed E-state index contributed by atoms with van der Waals surface area (Å²) in [7, 11) is 0. The molecule has 2 unspecified atom stereocenters. The number of hydrogen-bond donors (Lipinski definition) is 1. The number of carbonyl (C=O) groups is 2. The number of likely N-dealkylation sites (tertiary alicyclic amines) is 1. The number of nitrogens with zero attached hydrogens (tertiary/aromatic N) is 2. The number of carbonyl (C=O) groups excluding carboxylic acids is 2.